The molecule has 0 aliphatic rings. The van der Waals surface area contributed by atoms with Crippen LogP contribution in [0.2, 0.25) is 0 Å². The first kappa shape index (κ1) is 12.6. The summed E-state index contributed by atoms with van der Waals surface area (Å²) >= 11 is 0. The number of rotatable bonds is 3. The van der Waals surface area contributed by atoms with Crippen LogP contribution in [0.1, 0.15) is 54.9 Å². The van der Waals surface area contributed by atoms with Crippen molar-refractivity contribution >= 4 is 0 Å². The van der Waals surface area contributed by atoms with Crippen molar-refractivity contribution in [2.24, 2.45) is 16.1 Å². The van der Waals surface area contributed by atoms with E-state index < -0.39 is 0 Å². The summed E-state index contributed by atoms with van der Waals surface area (Å²) in [4.78, 5) is 0. The van der Waals surface area contributed by atoms with E-state index in [4.69, 9.17) is 0 Å². The Labute approximate surface area is 82.8 Å². The maximum absolute atomic E-state index is 4.39. The van der Waals surface area contributed by atoms with Gasteiger partial charge in [-0.3, -0.25) is 0 Å². The van der Waals surface area contributed by atoms with Gasteiger partial charge in [-0.15, -0.1) is 0 Å². The molecule has 0 aliphatic carbocycles. The molecule has 0 saturated carbocycles. The molecule has 0 aromatic carbocycles. The van der Waals surface area contributed by atoms with Gasteiger partial charge in [0.1, 0.15) is 0 Å². The molecule has 0 aromatic heterocycles. The molecule has 0 fully saturated rings. The van der Waals surface area contributed by atoms with E-state index in [9.17, 15) is 0 Å². The summed E-state index contributed by atoms with van der Waals surface area (Å²) in [6.07, 6.45) is 1.09. The zero-order valence-corrected chi connectivity index (χ0v) is 10.2. The van der Waals surface area contributed by atoms with Gasteiger partial charge in [0.2, 0.25) is 0 Å². The van der Waals surface area contributed by atoms with Crippen LogP contribution in [0.4, 0.5) is 0 Å². The Morgan fingerprint density at radius 3 is 1.69 bits per heavy atom. The van der Waals surface area contributed by atoms with E-state index in [1.807, 2.05) is 0 Å². The molecule has 0 amide bonds. The standard InChI is InChI=1S/C11H24N2/c1-9(2)8-11(6,7)13-12-10(3,4)5/h9H,8H2,1-7H3/b13-12+. The van der Waals surface area contributed by atoms with Gasteiger partial charge in [-0.05, 0) is 47.0 Å². The quantitative estimate of drug-likeness (QED) is 0.591. The maximum Gasteiger partial charge on any atom is 0.0762 e. The van der Waals surface area contributed by atoms with E-state index in [2.05, 4.69) is 58.7 Å². The summed E-state index contributed by atoms with van der Waals surface area (Å²) in [5, 5.41) is 8.70. The zero-order valence-electron chi connectivity index (χ0n) is 10.2. The van der Waals surface area contributed by atoms with E-state index in [1.165, 1.54) is 0 Å². The maximum atomic E-state index is 4.39. The van der Waals surface area contributed by atoms with Gasteiger partial charge < -0.3 is 0 Å². The van der Waals surface area contributed by atoms with Crippen LogP contribution >= 0.6 is 0 Å². The molecule has 78 valence electrons. The second-order valence-corrected chi connectivity index (χ2v) is 5.78. The Kier molecular flexibility index (Phi) is 4.08. The van der Waals surface area contributed by atoms with Gasteiger partial charge in [0, 0.05) is 0 Å². The largest absolute Gasteiger partial charge is 0.188 e. The molecule has 2 nitrogen and oxygen atoms in total. The Morgan fingerprint density at radius 1 is 0.923 bits per heavy atom. The van der Waals surface area contributed by atoms with Crippen molar-refractivity contribution < 1.29 is 0 Å². The smallest absolute Gasteiger partial charge is 0.0762 e. The fourth-order valence-corrected chi connectivity index (χ4v) is 1.33. The van der Waals surface area contributed by atoms with Crippen molar-refractivity contribution in [1.29, 1.82) is 0 Å². The Hall–Kier alpha value is -0.400. The lowest BCUT2D eigenvalue weighted by molar-refractivity contribution is 0.366. The third kappa shape index (κ3) is 7.94. The van der Waals surface area contributed by atoms with Crippen LogP contribution in [0.15, 0.2) is 10.2 Å². The average Bonchev–Trinajstić information content (AvgIpc) is 1.79. The van der Waals surface area contributed by atoms with Crippen LogP contribution in [-0.4, -0.2) is 11.1 Å². The van der Waals surface area contributed by atoms with Gasteiger partial charge in [-0.25, -0.2) is 0 Å². The highest BCUT2D eigenvalue weighted by molar-refractivity contribution is 4.79. The van der Waals surface area contributed by atoms with Crippen LogP contribution in [-0.2, 0) is 0 Å². The highest BCUT2D eigenvalue weighted by Crippen LogP contribution is 2.22. The Balaban J connectivity index is 4.24. The molecular weight excluding hydrogens is 160 g/mol. The molecular formula is C11H24N2. The van der Waals surface area contributed by atoms with Crippen molar-refractivity contribution in [2.45, 2.75) is 66.0 Å². The van der Waals surface area contributed by atoms with Gasteiger partial charge in [-0.2, -0.15) is 10.2 Å². The summed E-state index contributed by atoms with van der Waals surface area (Å²) in [7, 11) is 0. The molecule has 0 bridgehead atoms. The minimum absolute atomic E-state index is 0.0125. The molecule has 0 spiro atoms. The molecule has 13 heavy (non-hydrogen) atoms. The number of nitrogens with zero attached hydrogens (tertiary/aromatic N) is 2. The van der Waals surface area contributed by atoms with Crippen molar-refractivity contribution in [3.63, 3.8) is 0 Å². The average molecular weight is 184 g/mol. The lowest BCUT2D eigenvalue weighted by atomic mass is 9.94. The van der Waals surface area contributed by atoms with E-state index in [0.717, 1.165) is 6.42 Å². The number of hydrogen-bond acceptors (Lipinski definition) is 2. The lowest BCUT2D eigenvalue weighted by Crippen LogP contribution is -2.20. The Bertz CT molecular complexity index is 173. The minimum atomic E-state index is -0.0474. The Morgan fingerprint density at radius 2 is 1.38 bits per heavy atom. The molecule has 2 heteroatoms. The van der Waals surface area contributed by atoms with Crippen LogP contribution < -0.4 is 0 Å². The van der Waals surface area contributed by atoms with E-state index >= 15 is 0 Å². The highest BCUT2D eigenvalue weighted by atomic mass is 15.2. The van der Waals surface area contributed by atoms with E-state index in [-0.39, 0.29) is 11.1 Å². The summed E-state index contributed by atoms with van der Waals surface area (Å²) < 4.78 is 0. The third-order valence-electron chi connectivity index (χ3n) is 1.53. The van der Waals surface area contributed by atoms with Crippen molar-refractivity contribution in [2.75, 3.05) is 0 Å². The van der Waals surface area contributed by atoms with Crippen molar-refractivity contribution in [3.8, 4) is 0 Å². The summed E-state index contributed by atoms with van der Waals surface area (Å²) in [6, 6.07) is 0. The predicted molar refractivity (Wildman–Crippen MR) is 58.1 cm³/mol. The molecule has 0 N–H and O–H groups in total. The molecule has 0 unspecified atom stereocenters. The first-order chi connectivity index (χ1) is 5.62. The molecule has 0 heterocycles. The molecule has 0 aromatic rings. The number of azo groups is 1. The monoisotopic (exact) mass is 184 g/mol. The van der Waals surface area contributed by atoms with E-state index in [1.54, 1.807) is 0 Å². The summed E-state index contributed by atoms with van der Waals surface area (Å²) in [5.41, 5.74) is -0.0598. The van der Waals surface area contributed by atoms with Gasteiger partial charge >= 0.3 is 0 Å². The van der Waals surface area contributed by atoms with E-state index in [0.29, 0.717) is 5.92 Å². The number of hydrogen-bond donors (Lipinski definition) is 0. The van der Waals surface area contributed by atoms with Crippen LogP contribution in [0.5, 0.6) is 0 Å². The van der Waals surface area contributed by atoms with Crippen LogP contribution in [0.25, 0.3) is 0 Å². The molecule has 0 saturated heterocycles. The normalized spacial score (nSPS) is 14.5. The second-order valence-electron chi connectivity index (χ2n) is 5.78. The van der Waals surface area contributed by atoms with Crippen LogP contribution in [0, 0.1) is 5.92 Å². The first-order valence-corrected chi connectivity index (χ1v) is 5.06. The molecule has 0 aliphatic heterocycles. The second kappa shape index (κ2) is 4.21. The molecule has 0 radical (unpaired) electrons. The third-order valence-corrected chi connectivity index (χ3v) is 1.53. The molecule has 0 atom stereocenters. The van der Waals surface area contributed by atoms with Crippen LogP contribution in [0.3, 0.4) is 0 Å². The topological polar surface area (TPSA) is 24.7 Å². The minimum Gasteiger partial charge on any atom is -0.188 e. The summed E-state index contributed by atoms with van der Waals surface area (Å²) in [6.45, 7) is 14.9. The lowest BCUT2D eigenvalue weighted by Gasteiger charge is -2.22. The first-order valence-electron chi connectivity index (χ1n) is 5.06. The fourth-order valence-electron chi connectivity index (χ4n) is 1.33. The molecule has 0 rings (SSSR count). The van der Waals surface area contributed by atoms with Gasteiger partial charge in [-0.1, -0.05) is 13.8 Å². The van der Waals surface area contributed by atoms with Crippen molar-refractivity contribution in [1.82, 2.24) is 0 Å². The van der Waals surface area contributed by atoms with Gasteiger partial charge in [0.15, 0.2) is 0 Å². The zero-order chi connectivity index (χ0) is 10.7. The SMILES string of the molecule is CC(C)CC(C)(C)/N=N/C(C)(C)C. The predicted octanol–water partition coefficient (Wildman–Crippen LogP) is 4.06. The van der Waals surface area contributed by atoms with Gasteiger partial charge in [0.25, 0.3) is 0 Å². The van der Waals surface area contributed by atoms with Crippen molar-refractivity contribution in [3.05, 3.63) is 0 Å². The van der Waals surface area contributed by atoms with Gasteiger partial charge in [0.05, 0.1) is 11.1 Å². The summed E-state index contributed by atoms with van der Waals surface area (Å²) in [5.74, 6) is 0.675. The highest BCUT2D eigenvalue weighted by Gasteiger charge is 2.19. The fraction of sp³-hybridized carbons (Fsp3) is 1.00.